The maximum absolute atomic E-state index is 13.5. The summed E-state index contributed by atoms with van der Waals surface area (Å²) in [6.07, 6.45) is 0.263. The predicted molar refractivity (Wildman–Crippen MR) is 110 cm³/mol. The third kappa shape index (κ3) is 3.21. The number of hydrazone groups is 1. The van der Waals surface area contributed by atoms with Gasteiger partial charge >= 0.3 is 0 Å². The Morgan fingerprint density at radius 2 is 1.93 bits per heavy atom. The van der Waals surface area contributed by atoms with Gasteiger partial charge < -0.3 is 9.47 Å². The molecule has 0 spiro atoms. The van der Waals surface area contributed by atoms with Crippen molar-refractivity contribution in [3.8, 4) is 11.5 Å². The van der Waals surface area contributed by atoms with Crippen molar-refractivity contribution < 1.29 is 13.9 Å². The number of rotatable bonds is 3. The minimum absolute atomic E-state index is 0.0197. The van der Waals surface area contributed by atoms with Crippen LogP contribution >= 0.6 is 11.6 Å². The highest BCUT2D eigenvalue weighted by Gasteiger charge is 2.41. The summed E-state index contributed by atoms with van der Waals surface area (Å²) in [5, 5.41) is 7.50. The molecule has 5 rings (SSSR count). The van der Waals surface area contributed by atoms with Crippen LogP contribution in [0.15, 0.2) is 71.8 Å². The van der Waals surface area contributed by atoms with Gasteiger partial charge in [-0.2, -0.15) is 5.10 Å². The number of nitrogens with zero attached hydrogens (tertiary/aromatic N) is 2. The maximum Gasteiger partial charge on any atom is 0.213 e. The molecule has 2 aliphatic rings. The van der Waals surface area contributed by atoms with Gasteiger partial charge in [-0.1, -0.05) is 35.9 Å². The molecule has 0 saturated heterocycles. The fraction of sp³-hybridized carbons (Fsp3) is 0.174. The second kappa shape index (κ2) is 7.08. The Balaban J connectivity index is 1.59. The lowest BCUT2D eigenvalue weighted by molar-refractivity contribution is -0.0190. The summed E-state index contributed by atoms with van der Waals surface area (Å²) >= 11 is 6.26. The SMILES string of the molecule is COc1cccc(C2=NN3[C@H](C2)c2cc(Cl)ccc2O[C@@H]3c2ccc(F)cc2)c1. The molecule has 146 valence electrons. The monoisotopic (exact) mass is 408 g/mol. The quantitative estimate of drug-likeness (QED) is 0.555. The van der Waals surface area contributed by atoms with Crippen molar-refractivity contribution in [2.45, 2.75) is 18.7 Å². The van der Waals surface area contributed by atoms with Gasteiger partial charge in [-0.05, 0) is 42.5 Å². The molecule has 0 saturated carbocycles. The van der Waals surface area contributed by atoms with Crippen LogP contribution in [0, 0.1) is 5.82 Å². The van der Waals surface area contributed by atoms with Gasteiger partial charge in [0.1, 0.15) is 17.3 Å². The highest BCUT2D eigenvalue weighted by atomic mass is 35.5. The highest BCUT2D eigenvalue weighted by molar-refractivity contribution is 6.30. The predicted octanol–water partition coefficient (Wildman–Crippen LogP) is 5.73. The van der Waals surface area contributed by atoms with Crippen molar-refractivity contribution in [1.82, 2.24) is 5.01 Å². The summed E-state index contributed by atoms with van der Waals surface area (Å²) in [7, 11) is 1.65. The van der Waals surface area contributed by atoms with Crippen molar-refractivity contribution in [3.63, 3.8) is 0 Å². The van der Waals surface area contributed by atoms with Gasteiger partial charge in [0.25, 0.3) is 0 Å². The van der Waals surface area contributed by atoms with E-state index in [1.54, 1.807) is 19.2 Å². The van der Waals surface area contributed by atoms with Gasteiger partial charge in [0.15, 0.2) is 0 Å². The lowest BCUT2D eigenvalue weighted by Crippen LogP contribution is -2.33. The third-order valence-electron chi connectivity index (χ3n) is 5.31. The van der Waals surface area contributed by atoms with Crippen LogP contribution in [0.5, 0.6) is 11.5 Å². The molecule has 3 aromatic rings. The van der Waals surface area contributed by atoms with Crippen molar-refractivity contribution in [2.24, 2.45) is 5.10 Å². The lowest BCUT2D eigenvalue weighted by Gasteiger charge is -2.38. The van der Waals surface area contributed by atoms with E-state index in [1.807, 2.05) is 47.5 Å². The van der Waals surface area contributed by atoms with E-state index >= 15 is 0 Å². The normalized spacial score (nSPS) is 19.8. The van der Waals surface area contributed by atoms with Crippen LogP contribution in [0.1, 0.15) is 35.4 Å². The molecule has 0 fully saturated rings. The third-order valence-corrected chi connectivity index (χ3v) is 5.55. The molecular weight excluding hydrogens is 391 g/mol. The molecule has 0 bridgehead atoms. The van der Waals surface area contributed by atoms with Crippen molar-refractivity contribution in [2.75, 3.05) is 7.11 Å². The first-order chi connectivity index (χ1) is 14.1. The van der Waals surface area contributed by atoms with Crippen LogP contribution in [-0.4, -0.2) is 17.8 Å². The van der Waals surface area contributed by atoms with Crippen molar-refractivity contribution in [1.29, 1.82) is 0 Å². The van der Waals surface area contributed by atoms with Crippen LogP contribution in [0.2, 0.25) is 5.02 Å². The first-order valence-corrected chi connectivity index (χ1v) is 9.72. The lowest BCUT2D eigenvalue weighted by atomic mass is 9.96. The first-order valence-electron chi connectivity index (χ1n) is 9.34. The van der Waals surface area contributed by atoms with E-state index in [1.165, 1.54) is 12.1 Å². The molecule has 29 heavy (non-hydrogen) atoms. The van der Waals surface area contributed by atoms with E-state index in [9.17, 15) is 4.39 Å². The molecule has 0 aliphatic carbocycles. The molecule has 0 aromatic heterocycles. The molecule has 3 aromatic carbocycles. The molecule has 2 aliphatic heterocycles. The van der Waals surface area contributed by atoms with Crippen molar-refractivity contribution >= 4 is 17.3 Å². The average Bonchev–Trinajstić information content (AvgIpc) is 3.20. The van der Waals surface area contributed by atoms with E-state index in [0.717, 1.165) is 33.9 Å². The van der Waals surface area contributed by atoms with E-state index in [0.29, 0.717) is 11.4 Å². The van der Waals surface area contributed by atoms with Crippen LogP contribution in [0.25, 0.3) is 0 Å². The van der Waals surface area contributed by atoms with Gasteiger partial charge in [-0.15, -0.1) is 0 Å². The number of benzene rings is 3. The van der Waals surface area contributed by atoms with E-state index in [2.05, 4.69) is 0 Å². The van der Waals surface area contributed by atoms with Gasteiger partial charge in [-0.25, -0.2) is 9.40 Å². The Morgan fingerprint density at radius 1 is 1.10 bits per heavy atom. The zero-order valence-electron chi connectivity index (χ0n) is 15.7. The summed E-state index contributed by atoms with van der Waals surface area (Å²) in [4.78, 5) is 0. The minimum Gasteiger partial charge on any atom is -0.497 e. The summed E-state index contributed by atoms with van der Waals surface area (Å²) < 4.78 is 25.1. The second-order valence-corrected chi connectivity index (χ2v) is 7.52. The number of methoxy groups -OCH3 is 1. The summed E-state index contributed by atoms with van der Waals surface area (Å²) in [5.74, 6) is 1.27. The van der Waals surface area contributed by atoms with E-state index in [4.69, 9.17) is 26.2 Å². The maximum atomic E-state index is 13.5. The number of hydrogen-bond donors (Lipinski definition) is 0. The Kier molecular flexibility index (Phi) is 4.40. The van der Waals surface area contributed by atoms with E-state index in [-0.39, 0.29) is 11.9 Å². The van der Waals surface area contributed by atoms with Gasteiger partial charge in [0, 0.05) is 28.1 Å². The average molecular weight is 409 g/mol. The summed E-state index contributed by atoms with van der Waals surface area (Å²) in [6, 6.07) is 19.8. The molecule has 4 nitrogen and oxygen atoms in total. The molecule has 0 radical (unpaired) electrons. The fourth-order valence-electron chi connectivity index (χ4n) is 3.88. The number of fused-ring (bicyclic) bond motifs is 3. The fourth-order valence-corrected chi connectivity index (χ4v) is 4.06. The standard InChI is InChI=1S/C23H18ClFN2O2/c1-28-18-4-2-3-15(11-18)20-13-21-19-12-16(24)7-10-22(19)29-23(27(21)26-20)14-5-8-17(25)9-6-14/h2-12,21,23H,13H2,1H3/t21-,23-/m1/s1. The second-order valence-electron chi connectivity index (χ2n) is 7.08. The largest absolute Gasteiger partial charge is 0.497 e. The smallest absolute Gasteiger partial charge is 0.213 e. The van der Waals surface area contributed by atoms with Crippen LogP contribution < -0.4 is 9.47 Å². The number of halogens is 2. The molecule has 0 N–H and O–H groups in total. The molecule has 2 heterocycles. The molecule has 2 atom stereocenters. The Morgan fingerprint density at radius 3 is 2.72 bits per heavy atom. The summed E-state index contributed by atoms with van der Waals surface area (Å²) in [6.45, 7) is 0. The molecule has 0 unspecified atom stereocenters. The number of ether oxygens (including phenoxy) is 2. The molecule has 6 heteroatoms. The minimum atomic E-state index is -0.447. The van der Waals surface area contributed by atoms with Gasteiger partial charge in [0.05, 0.1) is 18.9 Å². The Bertz CT molecular complexity index is 1100. The highest BCUT2D eigenvalue weighted by Crippen LogP contribution is 2.48. The Hall–Kier alpha value is -3.05. The summed E-state index contributed by atoms with van der Waals surface area (Å²) in [5.41, 5.74) is 3.78. The van der Waals surface area contributed by atoms with Crippen molar-refractivity contribution in [3.05, 3.63) is 94.3 Å². The molecule has 0 amide bonds. The van der Waals surface area contributed by atoms with Gasteiger partial charge in [-0.3, -0.25) is 0 Å². The molecular formula is C23H18ClFN2O2. The van der Waals surface area contributed by atoms with Crippen LogP contribution in [0.3, 0.4) is 0 Å². The Labute approximate surface area is 173 Å². The van der Waals surface area contributed by atoms with Crippen LogP contribution in [-0.2, 0) is 0 Å². The topological polar surface area (TPSA) is 34.1 Å². The van der Waals surface area contributed by atoms with E-state index < -0.39 is 6.23 Å². The zero-order valence-corrected chi connectivity index (χ0v) is 16.4. The van der Waals surface area contributed by atoms with Crippen LogP contribution in [0.4, 0.5) is 4.39 Å². The zero-order chi connectivity index (χ0) is 20.0. The first kappa shape index (κ1) is 18.0. The number of hydrogen-bond acceptors (Lipinski definition) is 4. The van der Waals surface area contributed by atoms with Gasteiger partial charge in [0.2, 0.25) is 6.23 Å².